The van der Waals surface area contributed by atoms with Crippen LogP contribution in [0.2, 0.25) is 10.0 Å². The first-order valence-corrected chi connectivity index (χ1v) is 9.46. The summed E-state index contributed by atoms with van der Waals surface area (Å²) in [6, 6.07) is 2.22. The van der Waals surface area contributed by atoms with E-state index in [9.17, 15) is 13.2 Å². The Hall–Kier alpha value is -0.490. The molecular formula is C13H13Cl3O4S. The maximum absolute atomic E-state index is 12.0. The third-order valence-corrected chi connectivity index (χ3v) is 5.53. The molecule has 8 heteroatoms. The molecule has 0 heterocycles. The number of carbonyl (C=O) groups is 1. The number of carbonyl (C=O) groups excluding carboxylic acids is 1. The molecule has 0 unspecified atom stereocenters. The number of ether oxygens (including phenoxy) is 1. The Labute approximate surface area is 137 Å². The van der Waals surface area contributed by atoms with Crippen LogP contribution in [0.25, 0.3) is 0 Å². The molecule has 116 valence electrons. The third kappa shape index (κ3) is 4.25. The van der Waals surface area contributed by atoms with Crippen molar-refractivity contribution < 1.29 is 17.9 Å². The normalized spacial score (nSPS) is 16.1. The van der Waals surface area contributed by atoms with E-state index in [1.807, 2.05) is 0 Å². The highest BCUT2D eigenvalue weighted by Gasteiger charge is 2.23. The zero-order chi connectivity index (χ0) is 15.6. The first kappa shape index (κ1) is 16.9. The van der Waals surface area contributed by atoms with E-state index in [-0.39, 0.29) is 20.5 Å². The van der Waals surface area contributed by atoms with E-state index >= 15 is 0 Å². The average Bonchev–Trinajstić information content (AvgIpc) is 2.87. The van der Waals surface area contributed by atoms with Crippen LogP contribution in [0, 0.1) is 5.92 Å². The molecule has 0 radical (unpaired) electrons. The van der Waals surface area contributed by atoms with Gasteiger partial charge in [0.2, 0.25) is 0 Å². The van der Waals surface area contributed by atoms with Crippen molar-refractivity contribution in [3.63, 3.8) is 0 Å². The summed E-state index contributed by atoms with van der Waals surface area (Å²) in [5.41, 5.74) is -0.0571. The maximum atomic E-state index is 12.0. The van der Waals surface area contributed by atoms with Crippen LogP contribution in [0.1, 0.15) is 36.0 Å². The van der Waals surface area contributed by atoms with Crippen LogP contribution < -0.4 is 0 Å². The highest BCUT2D eigenvalue weighted by Crippen LogP contribution is 2.31. The van der Waals surface area contributed by atoms with Gasteiger partial charge in [0, 0.05) is 10.7 Å². The van der Waals surface area contributed by atoms with E-state index in [0.29, 0.717) is 12.5 Å². The highest BCUT2D eigenvalue weighted by atomic mass is 35.7. The molecule has 0 spiro atoms. The van der Waals surface area contributed by atoms with Crippen molar-refractivity contribution >= 4 is 48.9 Å². The topological polar surface area (TPSA) is 60.4 Å². The highest BCUT2D eigenvalue weighted by molar-refractivity contribution is 8.13. The van der Waals surface area contributed by atoms with Crippen LogP contribution >= 0.6 is 33.9 Å². The zero-order valence-electron chi connectivity index (χ0n) is 10.9. The van der Waals surface area contributed by atoms with Gasteiger partial charge < -0.3 is 4.74 Å². The van der Waals surface area contributed by atoms with Gasteiger partial charge in [-0.25, -0.2) is 13.2 Å². The third-order valence-electron chi connectivity index (χ3n) is 3.43. The number of benzene rings is 1. The molecule has 0 bridgehead atoms. The molecule has 1 aromatic rings. The van der Waals surface area contributed by atoms with Crippen molar-refractivity contribution in [2.75, 3.05) is 6.61 Å². The van der Waals surface area contributed by atoms with Crippen molar-refractivity contribution in [2.45, 2.75) is 30.6 Å². The molecule has 0 atom stereocenters. The van der Waals surface area contributed by atoms with Gasteiger partial charge in [-0.05, 0) is 30.9 Å². The summed E-state index contributed by atoms with van der Waals surface area (Å²) in [5.74, 6) is -0.318. The fraction of sp³-hybridized carbons (Fsp3) is 0.462. The minimum absolute atomic E-state index is 0.0282. The Kier molecular flexibility index (Phi) is 5.41. The van der Waals surface area contributed by atoms with Crippen molar-refractivity contribution in [1.29, 1.82) is 0 Å². The van der Waals surface area contributed by atoms with Crippen LogP contribution in [0.15, 0.2) is 17.0 Å². The molecule has 1 aliphatic rings. The minimum atomic E-state index is -4.06. The Morgan fingerprint density at radius 3 is 2.38 bits per heavy atom. The largest absolute Gasteiger partial charge is 0.462 e. The van der Waals surface area contributed by atoms with E-state index in [2.05, 4.69) is 0 Å². The Bertz CT molecular complexity index is 652. The fourth-order valence-electron chi connectivity index (χ4n) is 2.32. The molecule has 1 saturated carbocycles. The first-order chi connectivity index (χ1) is 9.79. The number of rotatable bonds is 4. The molecule has 0 aliphatic heterocycles. The SMILES string of the molecule is O=C(OCC1CCCC1)c1cc(S(=O)(=O)Cl)c(Cl)cc1Cl. The molecule has 1 aromatic carbocycles. The van der Waals surface area contributed by atoms with Gasteiger partial charge in [0.25, 0.3) is 9.05 Å². The summed E-state index contributed by atoms with van der Waals surface area (Å²) >= 11 is 11.7. The Balaban J connectivity index is 2.20. The second-order valence-corrected chi connectivity index (χ2v) is 8.30. The quantitative estimate of drug-likeness (QED) is 0.586. The van der Waals surface area contributed by atoms with E-state index in [1.165, 1.54) is 6.07 Å². The lowest BCUT2D eigenvalue weighted by molar-refractivity contribution is 0.0442. The molecule has 1 fully saturated rings. The van der Waals surface area contributed by atoms with Crippen LogP contribution in [0.3, 0.4) is 0 Å². The second kappa shape index (κ2) is 6.73. The molecule has 21 heavy (non-hydrogen) atoms. The van der Waals surface area contributed by atoms with E-state index in [4.69, 9.17) is 38.6 Å². The summed E-state index contributed by atoms with van der Waals surface area (Å²) in [5, 5.41) is -0.108. The minimum Gasteiger partial charge on any atom is -0.462 e. The van der Waals surface area contributed by atoms with Gasteiger partial charge in [0.05, 0.1) is 22.2 Å². The fourth-order valence-corrected chi connectivity index (χ4v) is 4.14. The van der Waals surface area contributed by atoms with Crippen molar-refractivity contribution in [2.24, 2.45) is 5.92 Å². The average molecular weight is 372 g/mol. The molecule has 0 aromatic heterocycles. The second-order valence-electron chi connectivity index (χ2n) is 4.95. The van der Waals surface area contributed by atoms with Crippen molar-refractivity contribution in [3.8, 4) is 0 Å². The number of halogens is 3. The van der Waals surface area contributed by atoms with Crippen LogP contribution in [-0.4, -0.2) is 21.0 Å². The van der Waals surface area contributed by atoms with Gasteiger partial charge >= 0.3 is 5.97 Å². The van der Waals surface area contributed by atoms with Crippen molar-refractivity contribution in [1.82, 2.24) is 0 Å². The summed E-state index contributed by atoms with van der Waals surface area (Å²) in [6.07, 6.45) is 4.34. The monoisotopic (exact) mass is 370 g/mol. The summed E-state index contributed by atoms with van der Waals surface area (Å²) in [4.78, 5) is 11.7. The molecule has 0 amide bonds. The van der Waals surface area contributed by atoms with Crippen LogP contribution in [-0.2, 0) is 13.8 Å². The van der Waals surface area contributed by atoms with Gasteiger partial charge in [-0.1, -0.05) is 36.0 Å². The summed E-state index contributed by atoms with van der Waals surface area (Å²) in [7, 11) is 1.20. The Morgan fingerprint density at radius 1 is 1.19 bits per heavy atom. The van der Waals surface area contributed by atoms with Gasteiger partial charge in [0.15, 0.2) is 0 Å². The van der Waals surface area contributed by atoms with Crippen molar-refractivity contribution in [3.05, 3.63) is 27.7 Å². The molecular weight excluding hydrogens is 359 g/mol. The predicted octanol–water partition coefficient (Wildman–Crippen LogP) is 4.27. The lowest BCUT2D eigenvalue weighted by atomic mass is 10.1. The number of hydrogen-bond acceptors (Lipinski definition) is 4. The first-order valence-electron chi connectivity index (χ1n) is 6.40. The summed E-state index contributed by atoms with van der Waals surface area (Å²) < 4.78 is 28.0. The lowest BCUT2D eigenvalue weighted by Crippen LogP contribution is -2.13. The molecule has 0 saturated heterocycles. The van der Waals surface area contributed by atoms with Gasteiger partial charge in [-0.15, -0.1) is 0 Å². The number of hydrogen-bond donors (Lipinski definition) is 0. The molecule has 0 N–H and O–H groups in total. The summed E-state index contributed by atoms with van der Waals surface area (Å²) in [6.45, 7) is 0.306. The standard InChI is InChI=1S/C13H13Cl3O4S/c14-10-6-11(15)12(21(16,18)19)5-9(10)13(17)20-7-8-3-1-2-4-8/h5-6,8H,1-4,7H2. The molecule has 4 nitrogen and oxygen atoms in total. The van der Waals surface area contributed by atoms with E-state index in [1.54, 1.807) is 0 Å². The van der Waals surface area contributed by atoms with E-state index < -0.39 is 15.0 Å². The van der Waals surface area contributed by atoms with Gasteiger partial charge in [-0.3, -0.25) is 0 Å². The smallest absolute Gasteiger partial charge is 0.339 e. The number of esters is 1. The van der Waals surface area contributed by atoms with E-state index in [0.717, 1.165) is 31.7 Å². The predicted molar refractivity (Wildman–Crippen MR) is 81.7 cm³/mol. The lowest BCUT2D eigenvalue weighted by Gasteiger charge is -2.11. The van der Waals surface area contributed by atoms with Crippen LogP contribution in [0.5, 0.6) is 0 Å². The molecule has 1 aliphatic carbocycles. The van der Waals surface area contributed by atoms with Gasteiger partial charge in [-0.2, -0.15) is 0 Å². The zero-order valence-corrected chi connectivity index (χ0v) is 14.0. The Morgan fingerprint density at radius 2 is 1.81 bits per heavy atom. The molecule has 2 rings (SSSR count). The maximum Gasteiger partial charge on any atom is 0.339 e. The van der Waals surface area contributed by atoms with Gasteiger partial charge in [0.1, 0.15) is 4.90 Å². The van der Waals surface area contributed by atoms with Crippen LogP contribution in [0.4, 0.5) is 0 Å².